The maximum Gasteiger partial charge on any atom is 0.407 e. The number of hydrogen-bond acceptors (Lipinski definition) is 4. The number of rotatable bonds is 5. The van der Waals surface area contributed by atoms with Crippen molar-refractivity contribution in [3.8, 4) is 11.3 Å². The van der Waals surface area contributed by atoms with Gasteiger partial charge in [0.25, 0.3) is 5.91 Å². The van der Waals surface area contributed by atoms with Gasteiger partial charge in [-0.15, -0.1) is 0 Å². The summed E-state index contributed by atoms with van der Waals surface area (Å²) < 4.78 is 2.18. The predicted octanol–water partition coefficient (Wildman–Crippen LogP) is 3.86. The van der Waals surface area contributed by atoms with Crippen LogP contribution >= 0.6 is 0 Å². The summed E-state index contributed by atoms with van der Waals surface area (Å²) in [5.74, 6) is -0.136. The third-order valence-electron chi connectivity index (χ3n) is 7.36. The Morgan fingerprint density at radius 2 is 1.69 bits per heavy atom. The van der Waals surface area contributed by atoms with Gasteiger partial charge in [0, 0.05) is 37.8 Å². The van der Waals surface area contributed by atoms with Gasteiger partial charge < -0.3 is 24.4 Å². The molecule has 2 atom stereocenters. The monoisotopic (exact) mass is 487 g/mol. The lowest BCUT2D eigenvalue weighted by Gasteiger charge is -2.40. The van der Waals surface area contributed by atoms with Gasteiger partial charge in [0.1, 0.15) is 0 Å². The van der Waals surface area contributed by atoms with Crippen molar-refractivity contribution in [1.29, 1.82) is 0 Å². The minimum Gasteiger partial charge on any atom is -0.465 e. The van der Waals surface area contributed by atoms with E-state index in [9.17, 15) is 14.7 Å². The van der Waals surface area contributed by atoms with Crippen LogP contribution in [0.3, 0.4) is 0 Å². The van der Waals surface area contributed by atoms with Gasteiger partial charge in [-0.3, -0.25) is 4.79 Å². The van der Waals surface area contributed by atoms with Gasteiger partial charge in [-0.25, -0.2) is 9.78 Å². The van der Waals surface area contributed by atoms with Gasteiger partial charge in [0.15, 0.2) is 5.69 Å². The minimum atomic E-state index is -0.948. The van der Waals surface area contributed by atoms with Crippen molar-refractivity contribution in [2.75, 3.05) is 39.8 Å². The Hall–Kier alpha value is -3.65. The molecule has 2 aliphatic rings. The fraction of sp³-hybridized carbons (Fsp3) is 0.393. The van der Waals surface area contributed by atoms with Crippen molar-refractivity contribution < 1.29 is 14.7 Å². The molecule has 2 saturated heterocycles. The number of aromatic nitrogens is 2. The molecule has 1 N–H and O–H groups in total. The van der Waals surface area contributed by atoms with Crippen molar-refractivity contribution in [2.24, 2.45) is 0 Å². The summed E-state index contributed by atoms with van der Waals surface area (Å²) in [5, 5.41) is 9.63. The number of amides is 2. The Morgan fingerprint density at radius 3 is 2.39 bits per heavy atom. The number of imidazole rings is 1. The van der Waals surface area contributed by atoms with Gasteiger partial charge in [-0.05, 0) is 38.4 Å². The molecule has 1 aromatic heterocycles. The number of benzene rings is 2. The summed E-state index contributed by atoms with van der Waals surface area (Å²) in [6.07, 6.45) is 3.61. The summed E-state index contributed by atoms with van der Waals surface area (Å²) in [7, 11) is 2.13. The number of hydrogen-bond donors (Lipinski definition) is 1. The zero-order chi connectivity index (χ0) is 25.1. The zero-order valence-corrected chi connectivity index (χ0v) is 20.7. The normalized spacial score (nSPS) is 20.9. The molecular weight excluding hydrogens is 454 g/mol. The third kappa shape index (κ3) is 4.99. The van der Waals surface area contributed by atoms with Crippen LogP contribution in [0.1, 0.15) is 34.9 Å². The topological polar surface area (TPSA) is 81.9 Å². The van der Waals surface area contributed by atoms with Gasteiger partial charge >= 0.3 is 6.09 Å². The first kappa shape index (κ1) is 24.1. The van der Waals surface area contributed by atoms with Gasteiger partial charge in [0.05, 0.1) is 18.1 Å². The number of piperazine rings is 1. The first-order chi connectivity index (χ1) is 17.5. The lowest BCUT2D eigenvalue weighted by molar-refractivity contribution is 0.0447. The summed E-state index contributed by atoms with van der Waals surface area (Å²) >= 11 is 0. The van der Waals surface area contributed by atoms with E-state index >= 15 is 0 Å². The fourth-order valence-corrected chi connectivity index (χ4v) is 5.54. The molecule has 3 heterocycles. The Kier molecular flexibility index (Phi) is 7.04. The third-order valence-corrected chi connectivity index (χ3v) is 7.36. The second kappa shape index (κ2) is 10.5. The van der Waals surface area contributed by atoms with E-state index in [2.05, 4.69) is 21.5 Å². The van der Waals surface area contributed by atoms with Gasteiger partial charge in [-0.2, -0.15) is 0 Å². The average molecular weight is 488 g/mol. The van der Waals surface area contributed by atoms with Crippen LogP contribution in [0.15, 0.2) is 67.0 Å². The lowest BCUT2D eigenvalue weighted by Crippen LogP contribution is -2.57. The molecular formula is C28H33N5O3. The van der Waals surface area contributed by atoms with E-state index in [0.717, 1.165) is 42.8 Å². The van der Waals surface area contributed by atoms with Crippen LogP contribution in [0.25, 0.3) is 11.3 Å². The highest BCUT2D eigenvalue weighted by molar-refractivity contribution is 5.98. The van der Waals surface area contributed by atoms with Gasteiger partial charge in [0.2, 0.25) is 0 Å². The molecule has 2 aliphatic heterocycles. The Balaban J connectivity index is 1.50. The standard InChI is InChI=1S/C28H33N5O3/c1-30-14-8-13-23(18-30)33-20-29-25(26(33)22-11-6-3-7-12-22)27(34)32-16-15-31(28(35)36)19-24(32)17-21-9-4-2-5-10-21/h2-7,9-12,20,23-24H,8,13-19H2,1H3,(H,35,36)/t23?,24-/m1/s1. The van der Waals surface area contributed by atoms with Crippen molar-refractivity contribution >= 4 is 12.0 Å². The fourth-order valence-electron chi connectivity index (χ4n) is 5.54. The van der Waals surface area contributed by atoms with Crippen molar-refractivity contribution in [2.45, 2.75) is 31.3 Å². The van der Waals surface area contributed by atoms with Crippen LogP contribution in [-0.2, 0) is 6.42 Å². The average Bonchev–Trinajstić information content (AvgIpc) is 3.35. The molecule has 0 aliphatic carbocycles. The largest absolute Gasteiger partial charge is 0.465 e. The number of carbonyl (C=O) groups excluding carboxylic acids is 1. The predicted molar refractivity (Wildman–Crippen MR) is 138 cm³/mol. The Morgan fingerprint density at radius 1 is 0.972 bits per heavy atom. The van der Waals surface area contributed by atoms with Crippen molar-refractivity contribution in [1.82, 2.24) is 24.3 Å². The molecule has 0 radical (unpaired) electrons. The molecule has 2 amide bonds. The molecule has 1 unspecified atom stereocenters. The van der Waals surface area contributed by atoms with E-state index in [1.165, 1.54) is 4.90 Å². The number of nitrogens with zero attached hydrogens (tertiary/aromatic N) is 5. The molecule has 8 heteroatoms. The van der Waals surface area contributed by atoms with Crippen LogP contribution in [-0.4, -0.2) is 87.2 Å². The van der Waals surface area contributed by atoms with Crippen molar-refractivity contribution in [3.63, 3.8) is 0 Å². The second-order valence-corrected chi connectivity index (χ2v) is 9.84. The van der Waals surface area contributed by atoms with Gasteiger partial charge in [-0.1, -0.05) is 60.7 Å². The molecule has 2 fully saturated rings. The highest BCUT2D eigenvalue weighted by Crippen LogP contribution is 2.32. The minimum absolute atomic E-state index is 0.136. The van der Waals surface area contributed by atoms with E-state index in [1.54, 1.807) is 0 Å². The molecule has 2 aromatic carbocycles. The zero-order valence-electron chi connectivity index (χ0n) is 20.7. The first-order valence-electron chi connectivity index (χ1n) is 12.6. The van der Waals surface area contributed by atoms with Crippen molar-refractivity contribution in [3.05, 3.63) is 78.2 Å². The molecule has 188 valence electrons. The van der Waals surface area contributed by atoms with E-state index < -0.39 is 6.09 Å². The molecule has 0 spiro atoms. The summed E-state index contributed by atoms with van der Waals surface area (Å²) in [6.45, 7) is 2.91. The number of carbonyl (C=O) groups is 2. The highest BCUT2D eigenvalue weighted by atomic mass is 16.4. The van der Waals surface area contributed by atoms with E-state index in [0.29, 0.717) is 25.2 Å². The van der Waals surface area contributed by atoms with Crippen LogP contribution in [0, 0.1) is 0 Å². The number of likely N-dealkylation sites (tertiary alicyclic amines) is 1. The maximum absolute atomic E-state index is 14.1. The smallest absolute Gasteiger partial charge is 0.407 e. The number of likely N-dealkylation sites (N-methyl/N-ethyl adjacent to an activating group) is 1. The van der Waals surface area contributed by atoms with E-state index in [1.807, 2.05) is 71.9 Å². The summed E-state index contributed by atoms with van der Waals surface area (Å²) in [6, 6.07) is 19.9. The van der Waals surface area contributed by atoms with Crippen LogP contribution in [0.4, 0.5) is 4.79 Å². The van der Waals surface area contributed by atoms with E-state index in [4.69, 9.17) is 0 Å². The number of piperidine rings is 1. The van der Waals surface area contributed by atoms with Crippen LogP contribution in [0.2, 0.25) is 0 Å². The quantitative estimate of drug-likeness (QED) is 0.591. The molecule has 0 bridgehead atoms. The van der Waals surface area contributed by atoms with Crippen LogP contribution in [0.5, 0.6) is 0 Å². The SMILES string of the molecule is CN1CCCC(n2cnc(C(=O)N3CCN(C(=O)O)C[C@H]3Cc3ccccc3)c2-c2ccccc2)C1. The Bertz CT molecular complexity index is 1200. The first-order valence-corrected chi connectivity index (χ1v) is 12.6. The van der Waals surface area contributed by atoms with E-state index in [-0.39, 0.29) is 24.5 Å². The molecule has 5 rings (SSSR count). The highest BCUT2D eigenvalue weighted by Gasteiger charge is 2.36. The number of carboxylic acid groups (broad SMARTS) is 1. The van der Waals surface area contributed by atoms with Crippen LogP contribution < -0.4 is 0 Å². The summed E-state index contributed by atoms with van der Waals surface area (Å²) in [5.41, 5.74) is 3.33. The summed E-state index contributed by atoms with van der Waals surface area (Å²) in [4.78, 5) is 36.1. The maximum atomic E-state index is 14.1. The molecule has 3 aromatic rings. The molecule has 0 saturated carbocycles. The Labute approximate surface area is 211 Å². The molecule has 36 heavy (non-hydrogen) atoms. The lowest BCUT2D eigenvalue weighted by atomic mass is 10.0. The molecule has 8 nitrogen and oxygen atoms in total. The second-order valence-electron chi connectivity index (χ2n) is 9.84.